The number of piperidine rings is 1. The third-order valence-corrected chi connectivity index (χ3v) is 4.25. The number of methoxy groups -OCH3 is 1. The Morgan fingerprint density at radius 3 is 2.94 bits per heavy atom. The standard InChI is InChI=1S/C14H21BrN2O/c1-14(18-2)6-3-7-17(10-14)13-5-4-12(15)8-11(13)9-16/h4-5,8H,3,6-7,9-10,16H2,1-2H3. The van der Waals surface area contributed by atoms with E-state index in [-0.39, 0.29) is 5.60 Å². The largest absolute Gasteiger partial charge is 0.377 e. The fourth-order valence-electron chi connectivity index (χ4n) is 2.60. The lowest BCUT2D eigenvalue weighted by Crippen LogP contribution is -2.47. The van der Waals surface area contributed by atoms with Crippen LogP contribution in [0.2, 0.25) is 0 Å². The highest BCUT2D eigenvalue weighted by molar-refractivity contribution is 9.10. The first kappa shape index (κ1) is 13.8. The molecule has 0 aliphatic carbocycles. The summed E-state index contributed by atoms with van der Waals surface area (Å²) in [6.45, 7) is 4.75. The Kier molecular flexibility index (Phi) is 4.30. The van der Waals surface area contributed by atoms with Gasteiger partial charge in [-0.1, -0.05) is 15.9 Å². The molecule has 0 radical (unpaired) electrons. The van der Waals surface area contributed by atoms with Crippen molar-refractivity contribution in [1.82, 2.24) is 0 Å². The van der Waals surface area contributed by atoms with Crippen LogP contribution >= 0.6 is 15.9 Å². The zero-order valence-electron chi connectivity index (χ0n) is 11.1. The molecule has 4 heteroatoms. The van der Waals surface area contributed by atoms with Crippen molar-refractivity contribution in [2.24, 2.45) is 5.73 Å². The van der Waals surface area contributed by atoms with Gasteiger partial charge in [0.25, 0.3) is 0 Å². The second-order valence-corrected chi connectivity index (χ2v) is 6.07. The second-order valence-electron chi connectivity index (χ2n) is 5.16. The molecular formula is C14H21BrN2O. The van der Waals surface area contributed by atoms with E-state index in [0.29, 0.717) is 6.54 Å². The van der Waals surface area contributed by atoms with Crippen LogP contribution < -0.4 is 10.6 Å². The van der Waals surface area contributed by atoms with Gasteiger partial charge in [0.2, 0.25) is 0 Å². The molecule has 2 N–H and O–H groups in total. The van der Waals surface area contributed by atoms with Crippen molar-refractivity contribution in [3.05, 3.63) is 28.2 Å². The van der Waals surface area contributed by atoms with Crippen molar-refractivity contribution in [2.45, 2.75) is 31.9 Å². The van der Waals surface area contributed by atoms with Gasteiger partial charge in [0.05, 0.1) is 5.60 Å². The average Bonchev–Trinajstić information content (AvgIpc) is 2.38. The Hall–Kier alpha value is -0.580. The summed E-state index contributed by atoms with van der Waals surface area (Å²) in [6, 6.07) is 6.33. The Balaban J connectivity index is 2.25. The molecule has 1 aromatic carbocycles. The molecule has 0 saturated carbocycles. The summed E-state index contributed by atoms with van der Waals surface area (Å²) in [5.41, 5.74) is 8.23. The van der Waals surface area contributed by atoms with Crippen LogP contribution in [0, 0.1) is 0 Å². The van der Waals surface area contributed by atoms with Gasteiger partial charge in [-0.25, -0.2) is 0 Å². The van der Waals surface area contributed by atoms with Crippen LogP contribution in [-0.4, -0.2) is 25.8 Å². The summed E-state index contributed by atoms with van der Waals surface area (Å²) < 4.78 is 6.73. The molecule has 18 heavy (non-hydrogen) atoms. The second kappa shape index (κ2) is 5.59. The van der Waals surface area contributed by atoms with E-state index in [1.165, 1.54) is 11.3 Å². The predicted octanol–water partition coefficient (Wildman–Crippen LogP) is 2.91. The number of rotatable bonds is 3. The van der Waals surface area contributed by atoms with Crippen molar-refractivity contribution in [2.75, 3.05) is 25.1 Å². The third-order valence-electron chi connectivity index (χ3n) is 3.75. The molecule has 0 bridgehead atoms. The van der Waals surface area contributed by atoms with Crippen LogP contribution in [0.15, 0.2) is 22.7 Å². The highest BCUT2D eigenvalue weighted by Crippen LogP contribution is 2.31. The third kappa shape index (κ3) is 2.87. The lowest BCUT2D eigenvalue weighted by atomic mass is 9.94. The zero-order chi connectivity index (χ0) is 13.2. The maximum absolute atomic E-state index is 5.85. The topological polar surface area (TPSA) is 38.5 Å². The van der Waals surface area contributed by atoms with Crippen molar-refractivity contribution < 1.29 is 4.74 Å². The number of ether oxygens (including phenoxy) is 1. The van der Waals surface area contributed by atoms with Gasteiger partial charge in [-0.05, 0) is 43.5 Å². The summed E-state index contributed by atoms with van der Waals surface area (Å²) in [4.78, 5) is 2.39. The van der Waals surface area contributed by atoms with Gasteiger partial charge in [-0.3, -0.25) is 0 Å². The molecule has 2 rings (SSSR count). The van der Waals surface area contributed by atoms with Crippen LogP contribution in [0.3, 0.4) is 0 Å². The van der Waals surface area contributed by atoms with E-state index < -0.39 is 0 Å². The molecule has 0 aromatic heterocycles. The minimum absolute atomic E-state index is 0.0445. The molecule has 1 saturated heterocycles. The lowest BCUT2D eigenvalue weighted by Gasteiger charge is -2.41. The van der Waals surface area contributed by atoms with Gasteiger partial charge < -0.3 is 15.4 Å². The molecule has 1 aliphatic heterocycles. The predicted molar refractivity (Wildman–Crippen MR) is 78.9 cm³/mol. The fourth-order valence-corrected chi connectivity index (χ4v) is 3.01. The van der Waals surface area contributed by atoms with Crippen molar-refractivity contribution in [3.63, 3.8) is 0 Å². The Labute approximate surface area is 117 Å². The Morgan fingerprint density at radius 1 is 1.50 bits per heavy atom. The summed E-state index contributed by atoms with van der Waals surface area (Å²) in [7, 11) is 1.80. The maximum Gasteiger partial charge on any atom is 0.0825 e. The number of benzene rings is 1. The van der Waals surface area contributed by atoms with E-state index in [9.17, 15) is 0 Å². The summed E-state index contributed by atoms with van der Waals surface area (Å²) in [5, 5.41) is 0. The van der Waals surface area contributed by atoms with E-state index in [2.05, 4.69) is 46.0 Å². The van der Waals surface area contributed by atoms with E-state index >= 15 is 0 Å². The quantitative estimate of drug-likeness (QED) is 0.932. The van der Waals surface area contributed by atoms with E-state index in [4.69, 9.17) is 10.5 Å². The minimum Gasteiger partial charge on any atom is -0.377 e. The van der Waals surface area contributed by atoms with Crippen molar-refractivity contribution in [3.8, 4) is 0 Å². The molecule has 1 unspecified atom stereocenters. The van der Waals surface area contributed by atoms with Gasteiger partial charge in [-0.15, -0.1) is 0 Å². The molecule has 100 valence electrons. The molecule has 1 aliphatic rings. The number of nitrogens with zero attached hydrogens (tertiary/aromatic N) is 1. The summed E-state index contributed by atoms with van der Waals surface area (Å²) in [5.74, 6) is 0. The number of hydrogen-bond acceptors (Lipinski definition) is 3. The molecule has 0 spiro atoms. The first-order valence-electron chi connectivity index (χ1n) is 6.36. The molecule has 1 aromatic rings. The molecule has 0 amide bonds. The number of hydrogen-bond donors (Lipinski definition) is 1. The zero-order valence-corrected chi connectivity index (χ0v) is 12.7. The average molecular weight is 313 g/mol. The Morgan fingerprint density at radius 2 is 2.28 bits per heavy atom. The van der Waals surface area contributed by atoms with Gasteiger partial charge in [0, 0.05) is 36.9 Å². The Bertz CT molecular complexity index is 424. The summed E-state index contributed by atoms with van der Waals surface area (Å²) in [6.07, 6.45) is 2.28. The van der Waals surface area contributed by atoms with E-state index in [1.807, 2.05) is 0 Å². The first-order chi connectivity index (χ1) is 8.58. The highest BCUT2D eigenvalue weighted by Gasteiger charge is 2.31. The van der Waals surface area contributed by atoms with Gasteiger partial charge >= 0.3 is 0 Å². The highest BCUT2D eigenvalue weighted by atomic mass is 79.9. The molecule has 1 atom stereocenters. The minimum atomic E-state index is -0.0445. The fraction of sp³-hybridized carbons (Fsp3) is 0.571. The van der Waals surface area contributed by atoms with Gasteiger partial charge in [-0.2, -0.15) is 0 Å². The first-order valence-corrected chi connectivity index (χ1v) is 7.16. The van der Waals surface area contributed by atoms with Crippen LogP contribution in [0.5, 0.6) is 0 Å². The van der Waals surface area contributed by atoms with Gasteiger partial charge in [0.15, 0.2) is 0 Å². The van der Waals surface area contributed by atoms with Crippen LogP contribution in [0.1, 0.15) is 25.3 Å². The van der Waals surface area contributed by atoms with Gasteiger partial charge in [0.1, 0.15) is 0 Å². The molecular weight excluding hydrogens is 292 g/mol. The normalized spacial score (nSPS) is 24.3. The number of anilines is 1. The van der Waals surface area contributed by atoms with Crippen molar-refractivity contribution >= 4 is 21.6 Å². The van der Waals surface area contributed by atoms with E-state index in [1.54, 1.807) is 7.11 Å². The van der Waals surface area contributed by atoms with Crippen LogP contribution in [0.25, 0.3) is 0 Å². The van der Waals surface area contributed by atoms with Crippen LogP contribution in [-0.2, 0) is 11.3 Å². The lowest BCUT2D eigenvalue weighted by molar-refractivity contribution is -0.00468. The maximum atomic E-state index is 5.85. The number of halogens is 1. The monoisotopic (exact) mass is 312 g/mol. The SMILES string of the molecule is COC1(C)CCCN(c2ccc(Br)cc2CN)C1. The van der Waals surface area contributed by atoms with E-state index in [0.717, 1.165) is 30.4 Å². The van der Waals surface area contributed by atoms with Crippen LogP contribution in [0.4, 0.5) is 5.69 Å². The number of nitrogens with two attached hydrogens (primary N) is 1. The smallest absolute Gasteiger partial charge is 0.0825 e. The van der Waals surface area contributed by atoms with Crippen molar-refractivity contribution in [1.29, 1.82) is 0 Å². The molecule has 3 nitrogen and oxygen atoms in total. The molecule has 1 fully saturated rings. The summed E-state index contributed by atoms with van der Waals surface area (Å²) >= 11 is 3.50. The molecule has 1 heterocycles.